The van der Waals surface area contributed by atoms with Crippen LogP contribution < -0.4 is 4.74 Å². The second-order valence-corrected chi connectivity index (χ2v) is 5.43. The van der Waals surface area contributed by atoms with E-state index in [4.69, 9.17) is 21.1 Å². The van der Waals surface area contributed by atoms with Gasteiger partial charge in [0.1, 0.15) is 10.9 Å². The van der Waals surface area contributed by atoms with E-state index in [1.54, 1.807) is 7.11 Å². The lowest BCUT2D eigenvalue weighted by atomic mass is 10.2. The van der Waals surface area contributed by atoms with E-state index in [0.29, 0.717) is 24.2 Å². The van der Waals surface area contributed by atoms with Crippen LogP contribution in [0.25, 0.3) is 11.4 Å². The summed E-state index contributed by atoms with van der Waals surface area (Å²) in [5.41, 5.74) is 1.65. The number of ether oxygens (including phenoxy) is 2. The molecule has 0 radical (unpaired) electrons. The van der Waals surface area contributed by atoms with Crippen LogP contribution in [-0.2, 0) is 11.3 Å². The number of methoxy groups -OCH3 is 1. The van der Waals surface area contributed by atoms with Crippen molar-refractivity contribution in [2.45, 2.75) is 13.5 Å². The highest BCUT2D eigenvalue weighted by Gasteiger charge is 2.12. The number of rotatable bonds is 5. The molecule has 0 atom stereocenters. The molecule has 0 saturated carbocycles. The molecule has 0 aliphatic carbocycles. The first-order chi connectivity index (χ1) is 9.65. The molecule has 0 spiro atoms. The molecule has 6 heteroatoms. The SMILES string of the molecule is CCOc1cccc(-c2nc(Cl)c(I)c(COC)n2)c1. The summed E-state index contributed by atoms with van der Waals surface area (Å²) in [5.74, 6) is 1.36. The smallest absolute Gasteiger partial charge is 0.161 e. The highest BCUT2D eigenvalue weighted by molar-refractivity contribution is 14.1. The minimum absolute atomic E-state index is 0.401. The molecule has 0 aliphatic rings. The minimum Gasteiger partial charge on any atom is -0.494 e. The summed E-state index contributed by atoms with van der Waals surface area (Å²) in [7, 11) is 1.63. The zero-order chi connectivity index (χ0) is 14.5. The first-order valence-electron chi connectivity index (χ1n) is 6.09. The maximum atomic E-state index is 6.16. The van der Waals surface area contributed by atoms with Gasteiger partial charge in [0.15, 0.2) is 5.82 Å². The van der Waals surface area contributed by atoms with Crippen molar-refractivity contribution in [2.24, 2.45) is 0 Å². The molecule has 0 N–H and O–H groups in total. The number of aromatic nitrogens is 2. The van der Waals surface area contributed by atoms with Crippen molar-refractivity contribution in [3.05, 3.63) is 38.7 Å². The Kier molecular flexibility index (Phi) is 5.56. The van der Waals surface area contributed by atoms with Gasteiger partial charge in [-0.3, -0.25) is 0 Å². The van der Waals surface area contributed by atoms with Crippen molar-refractivity contribution in [1.82, 2.24) is 9.97 Å². The molecule has 0 unspecified atom stereocenters. The van der Waals surface area contributed by atoms with Gasteiger partial charge in [-0.15, -0.1) is 0 Å². The largest absolute Gasteiger partial charge is 0.494 e. The predicted molar refractivity (Wildman–Crippen MR) is 87.1 cm³/mol. The van der Waals surface area contributed by atoms with Crippen LogP contribution in [0.2, 0.25) is 5.15 Å². The van der Waals surface area contributed by atoms with Crippen LogP contribution in [0.3, 0.4) is 0 Å². The van der Waals surface area contributed by atoms with Crippen molar-refractivity contribution in [3.8, 4) is 17.1 Å². The second-order valence-electron chi connectivity index (χ2n) is 3.99. The summed E-state index contributed by atoms with van der Waals surface area (Å²) in [6.45, 7) is 2.97. The molecule has 0 saturated heterocycles. The maximum absolute atomic E-state index is 6.16. The fourth-order valence-corrected chi connectivity index (χ4v) is 2.30. The van der Waals surface area contributed by atoms with E-state index in [0.717, 1.165) is 20.6 Å². The molecule has 0 bridgehead atoms. The Morgan fingerprint density at radius 2 is 2.10 bits per heavy atom. The summed E-state index contributed by atoms with van der Waals surface area (Å²) in [5, 5.41) is 0.435. The lowest BCUT2D eigenvalue weighted by Gasteiger charge is -2.09. The number of hydrogen-bond acceptors (Lipinski definition) is 4. The van der Waals surface area contributed by atoms with E-state index in [9.17, 15) is 0 Å². The highest BCUT2D eigenvalue weighted by Crippen LogP contribution is 2.26. The molecule has 0 amide bonds. The Labute approximate surface area is 136 Å². The molecular weight excluding hydrogens is 391 g/mol. The zero-order valence-corrected chi connectivity index (χ0v) is 14.1. The van der Waals surface area contributed by atoms with E-state index >= 15 is 0 Å². The van der Waals surface area contributed by atoms with Gasteiger partial charge in [0.25, 0.3) is 0 Å². The first-order valence-corrected chi connectivity index (χ1v) is 7.55. The van der Waals surface area contributed by atoms with E-state index in [-0.39, 0.29) is 0 Å². The lowest BCUT2D eigenvalue weighted by Crippen LogP contribution is -2.02. The number of halogens is 2. The molecule has 1 aromatic heterocycles. The summed E-state index contributed by atoms with van der Waals surface area (Å²) in [4.78, 5) is 8.83. The van der Waals surface area contributed by atoms with Crippen LogP contribution in [0.4, 0.5) is 0 Å². The third-order valence-electron chi connectivity index (χ3n) is 2.56. The molecule has 20 heavy (non-hydrogen) atoms. The summed E-state index contributed by atoms with van der Waals surface area (Å²) in [6.07, 6.45) is 0. The molecule has 2 aromatic rings. The molecular formula is C14H14ClIN2O2. The second kappa shape index (κ2) is 7.19. The molecule has 0 fully saturated rings. The Hall–Kier alpha value is -0.920. The van der Waals surface area contributed by atoms with Crippen LogP contribution in [0.5, 0.6) is 5.75 Å². The Bertz CT molecular complexity index is 608. The van der Waals surface area contributed by atoms with Gasteiger partial charge in [-0.1, -0.05) is 23.7 Å². The third kappa shape index (κ3) is 3.59. The van der Waals surface area contributed by atoms with Gasteiger partial charge in [-0.25, -0.2) is 9.97 Å². The monoisotopic (exact) mass is 404 g/mol. The summed E-state index contributed by atoms with van der Waals surface area (Å²) in [6, 6.07) is 7.64. The van der Waals surface area contributed by atoms with Crippen molar-refractivity contribution < 1.29 is 9.47 Å². The van der Waals surface area contributed by atoms with Gasteiger partial charge in [-0.2, -0.15) is 0 Å². The summed E-state index contributed by atoms with van der Waals surface area (Å²) >= 11 is 8.28. The Morgan fingerprint density at radius 3 is 2.80 bits per heavy atom. The van der Waals surface area contributed by atoms with E-state index < -0.39 is 0 Å². The van der Waals surface area contributed by atoms with Gasteiger partial charge < -0.3 is 9.47 Å². The quantitative estimate of drug-likeness (QED) is 0.559. The average Bonchev–Trinajstić information content (AvgIpc) is 2.44. The molecule has 1 heterocycles. The van der Waals surface area contributed by atoms with Gasteiger partial charge in [0.05, 0.1) is 22.5 Å². The zero-order valence-electron chi connectivity index (χ0n) is 11.2. The highest BCUT2D eigenvalue weighted by atomic mass is 127. The van der Waals surface area contributed by atoms with Gasteiger partial charge in [-0.05, 0) is 41.6 Å². The lowest BCUT2D eigenvalue weighted by molar-refractivity contribution is 0.181. The molecule has 4 nitrogen and oxygen atoms in total. The van der Waals surface area contributed by atoms with E-state index in [1.165, 1.54) is 0 Å². The van der Waals surface area contributed by atoms with Crippen molar-refractivity contribution in [1.29, 1.82) is 0 Å². The van der Waals surface area contributed by atoms with Crippen molar-refractivity contribution in [3.63, 3.8) is 0 Å². The fraction of sp³-hybridized carbons (Fsp3) is 0.286. The summed E-state index contributed by atoms with van der Waals surface area (Å²) < 4.78 is 11.4. The van der Waals surface area contributed by atoms with Crippen molar-refractivity contribution >= 4 is 34.2 Å². The van der Waals surface area contributed by atoms with Crippen LogP contribution >= 0.6 is 34.2 Å². The van der Waals surface area contributed by atoms with Gasteiger partial charge in [0, 0.05) is 12.7 Å². The average molecular weight is 405 g/mol. The Balaban J connectivity index is 2.44. The number of hydrogen-bond donors (Lipinski definition) is 0. The first kappa shape index (κ1) is 15.5. The molecule has 0 aliphatic heterocycles. The van der Waals surface area contributed by atoms with Crippen LogP contribution in [-0.4, -0.2) is 23.7 Å². The standard InChI is InChI=1S/C14H14ClIN2O2/c1-3-20-10-6-4-5-9(7-10)14-17-11(8-19-2)12(16)13(15)18-14/h4-7H,3,8H2,1-2H3. The van der Waals surface area contributed by atoms with Crippen molar-refractivity contribution in [2.75, 3.05) is 13.7 Å². The minimum atomic E-state index is 0.401. The normalized spacial score (nSPS) is 10.6. The van der Waals surface area contributed by atoms with Gasteiger partial charge >= 0.3 is 0 Å². The third-order valence-corrected chi connectivity index (χ3v) is 4.29. The molecule has 1 aromatic carbocycles. The predicted octanol–water partition coefficient (Wildman–Crippen LogP) is 3.95. The van der Waals surface area contributed by atoms with E-state index in [1.807, 2.05) is 31.2 Å². The topological polar surface area (TPSA) is 44.2 Å². The number of nitrogens with zero attached hydrogens (tertiary/aromatic N) is 2. The van der Waals surface area contributed by atoms with Gasteiger partial charge in [0.2, 0.25) is 0 Å². The fourth-order valence-electron chi connectivity index (χ4n) is 1.72. The van der Waals surface area contributed by atoms with E-state index in [2.05, 4.69) is 32.6 Å². The Morgan fingerprint density at radius 1 is 1.30 bits per heavy atom. The maximum Gasteiger partial charge on any atom is 0.161 e. The van der Waals surface area contributed by atoms with Crippen LogP contribution in [0.15, 0.2) is 24.3 Å². The number of benzene rings is 1. The van der Waals surface area contributed by atoms with Crippen LogP contribution in [0, 0.1) is 3.57 Å². The molecule has 2 rings (SSSR count). The molecule has 106 valence electrons. The van der Waals surface area contributed by atoms with Crippen LogP contribution in [0.1, 0.15) is 12.6 Å².